The minimum Gasteiger partial charge on any atom is -0.383 e. The van der Waals surface area contributed by atoms with Crippen molar-refractivity contribution in [2.24, 2.45) is 0 Å². The summed E-state index contributed by atoms with van der Waals surface area (Å²) in [6.07, 6.45) is 4.66. The Labute approximate surface area is 226 Å². The summed E-state index contributed by atoms with van der Waals surface area (Å²) in [6.45, 7) is 1.47. The van der Waals surface area contributed by atoms with Crippen molar-refractivity contribution in [3.05, 3.63) is 90.5 Å². The van der Waals surface area contributed by atoms with E-state index in [2.05, 4.69) is 30.9 Å². The molecule has 0 bridgehead atoms. The molecule has 12 heteroatoms. The molecule has 0 unspecified atom stereocenters. The molecule has 1 saturated heterocycles. The molecule has 5 rings (SSSR count). The summed E-state index contributed by atoms with van der Waals surface area (Å²) < 4.78 is 41.1. The van der Waals surface area contributed by atoms with Crippen LogP contribution in [0.15, 0.2) is 84.0 Å². The lowest BCUT2D eigenvalue weighted by molar-refractivity contribution is 0.288. The maximum Gasteiger partial charge on any atom is 0.243 e. The number of nitrogen functional groups attached to an aromatic ring is 1. The first-order valence-corrected chi connectivity index (χ1v) is 14.0. The normalized spacial score (nSPS) is 14.7. The Bertz CT molecular complexity index is 1510. The molecule has 2 aromatic carbocycles. The van der Waals surface area contributed by atoms with Crippen LogP contribution in [0.3, 0.4) is 0 Å². The van der Waals surface area contributed by atoms with Gasteiger partial charge in [-0.3, -0.25) is 0 Å². The molecule has 3 heterocycles. The Morgan fingerprint density at radius 3 is 2.31 bits per heavy atom. The number of anilines is 5. The molecule has 0 radical (unpaired) electrons. The van der Waals surface area contributed by atoms with E-state index in [0.29, 0.717) is 61.4 Å². The second-order valence-electron chi connectivity index (χ2n) is 9.15. The number of piperidine rings is 1. The third-order valence-corrected chi connectivity index (χ3v) is 8.39. The molecule has 1 aliphatic rings. The molecule has 1 aliphatic heterocycles. The van der Waals surface area contributed by atoms with E-state index in [-0.39, 0.29) is 16.8 Å². The van der Waals surface area contributed by atoms with Crippen LogP contribution >= 0.6 is 0 Å². The minimum atomic E-state index is -3.61. The van der Waals surface area contributed by atoms with Crippen LogP contribution in [0.4, 0.5) is 33.3 Å². The summed E-state index contributed by atoms with van der Waals surface area (Å²) in [7, 11) is -3.61. The van der Waals surface area contributed by atoms with Gasteiger partial charge in [-0.1, -0.05) is 6.07 Å². The number of nitrogens with zero attached hydrogens (tertiary/aromatic N) is 4. The highest BCUT2D eigenvalue weighted by Crippen LogP contribution is 2.24. The van der Waals surface area contributed by atoms with Crippen molar-refractivity contribution in [1.82, 2.24) is 24.6 Å². The van der Waals surface area contributed by atoms with Crippen LogP contribution in [-0.4, -0.2) is 46.8 Å². The summed E-state index contributed by atoms with van der Waals surface area (Å²) in [5.74, 6) is 1.05. The zero-order chi connectivity index (χ0) is 27.2. The van der Waals surface area contributed by atoms with Gasteiger partial charge in [-0.15, -0.1) is 0 Å². The first-order chi connectivity index (χ1) is 18.9. The highest BCUT2D eigenvalue weighted by Gasteiger charge is 2.29. The van der Waals surface area contributed by atoms with Crippen LogP contribution in [0.2, 0.25) is 0 Å². The molecule has 1 fully saturated rings. The van der Waals surface area contributed by atoms with Crippen LogP contribution in [0.25, 0.3) is 0 Å². The molecular weight excluding hydrogens is 519 g/mol. The van der Waals surface area contributed by atoms with E-state index in [0.717, 1.165) is 5.56 Å². The second-order valence-corrected chi connectivity index (χ2v) is 11.1. The summed E-state index contributed by atoms with van der Waals surface area (Å²) in [4.78, 5) is 13.0. The Hall–Kier alpha value is -4.13. The zero-order valence-electron chi connectivity index (χ0n) is 21.1. The molecule has 10 nitrogen and oxygen atoms in total. The summed E-state index contributed by atoms with van der Waals surface area (Å²) >= 11 is 0. The fraction of sp³-hybridized carbons (Fsp3) is 0.222. The largest absolute Gasteiger partial charge is 0.383 e. The lowest BCUT2D eigenvalue weighted by atomic mass is 10.1. The number of sulfonamides is 1. The SMILES string of the molecule is Nc1ncccc1CNC1CCN(S(=O)(=O)c2ccc(Nc3nccc(Nc4ccc(F)cc4)n3)cc2)CC1. The van der Waals surface area contributed by atoms with E-state index in [1.807, 2.05) is 12.1 Å². The predicted molar refractivity (Wildman–Crippen MR) is 149 cm³/mol. The van der Waals surface area contributed by atoms with Gasteiger partial charge in [0.25, 0.3) is 0 Å². The molecule has 0 aliphatic carbocycles. The topological polar surface area (TPSA) is 138 Å². The van der Waals surface area contributed by atoms with Crippen molar-refractivity contribution in [2.75, 3.05) is 29.5 Å². The molecule has 0 spiro atoms. The fourth-order valence-corrected chi connectivity index (χ4v) is 5.78. The van der Waals surface area contributed by atoms with Gasteiger partial charge in [-0.25, -0.2) is 22.8 Å². The number of nitrogens with one attached hydrogen (secondary N) is 3. The van der Waals surface area contributed by atoms with Crippen LogP contribution in [0, 0.1) is 5.82 Å². The van der Waals surface area contributed by atoms with E-state index in [1.54, 1.807) is 54.9 Å². The van der Waals surface area contributed by atoms with Crippen LogP contribution in [0.5, 0.6) is 0 Å². The number of rotatable bonds is 9. The van der Waals surface area contributed by atoms with E-state index in [9.17, 15) is 12.8 Å². The van der Waals surface area contributed by atoms with E-state index >= 15 is 0 Å². The molecule has 0 amide bonds. The lowest BCUT2D eigenvalue weighted by Crippen LogP contribution is -2.44. The first-order valence-electron chi connectivity index (χ1n) is 12.5. The van der Waals surface area contributed by atoms with Gasteiger partial charge in [0, 0.05) is 55.0 Å². The fourth-order valence-electron chi connectivity index (χ4n) is 4.31. The van der Waals surface area contributed by atoms with Gasteiger partial charge in [0.2, 0.25) is 16.0 Å². The quantitative estimate of drug-likeness (QED) is 0.244. The molecule has 0 atom stereocenters. The first kappa shape index (κ1) is 26.5. The molecule has 5 N–H and O–H groups in total. The number of aromatic nitrogens is 3. The van der Waals surface area contributed by atoms with Gasteiger partial charge >= 0.3 is 0 Å². The van der Waals surface area contributed by atoms with E-state index in [4.69, 9.17) is 5.73 Å². The Morgan fingerprint density at radius 2 is 1.59 bits per heavy atom. The summed E-state index contributed by atoms with van der Waals surface area (Å²) in [6, 6.07) is 18.1. The smallest absolute Gasteiger partial charge is 0.243 e. The third kappa shape index (κ3) is 6.66. The Kier molecular flexibility index (Phi) is 7.96. The average Bonchev–Trinajstić information content (AvgIpc) is 2.95. The average molecular weight is 549 g/mol. The predicted octanol–water partition coefficient (Wildman–Crippen LogP) is 4.02. The molecule has 2 aromatic heterocycles. The van der Waals surface area contributed by atoms with E-state index < -0.39 is 10.0 Å². The van der Waals surface area contributed by atoms with Gasteiger partial charge in [-0.2, -0.15) is 9.29 Å². The zero-order valence-corrected chi connectivity index (χ0v) is 21.9. The second kappa shape index (κ2) is 11.7. The van der Waals surface area contributed by atoms with Gasteiger partial charge in [-0.05, 0) is 73.5 Å². The van der Waals surface area contributed by atoms with Gasteiger partial charge in [0.15, 0.2) is 0 Å². The lowest BCUT2D eigenvalue weighted by Gasteiger charge is -2.31. The molecule has 4 aromatic rings. The maximum absolute atomic E-state index is 13.2. The van der Waals surface area contributed by atoms with Crippen molar-refractivity contribution >= 4 is 39.0 Å². The standard InChI is InChI=1S/C27H29FN8O2S/c28-20-3-5-22(6-4-20)33-25-11-15-31-27(35-25)34-23-7-9-24(10-8-23)39(37,38)36-16-12-21(13-17-36)32-18-19-2-1-14-30-26(19)29/h1-11,14-15,21,32H,12-13,16-18H2,(H2,29,30)(H2,31,33,34,35). The Balaban J connectivity index is 1.16. The van der Waals surface area contributed by atoms with Crippen molar-refractivity contribution in [3.63, 3.8) is 0 Å². The summed E-state index contributed by atoms with van der Waals surface area (Å²) in [5.41, 5.74) is 8.17. The monoisotopic (exact) mass is 548 g/mol. The van der Waals surface area contributed by atoms with Crippen molar-refractivity contribution in [2.45, 2.75) is 30.3 Å². The van der Waals surface area contributed by atoms with Crippen molar-refractivity contribution < 1.29 is 12.8 Å². The van der Waals surface area contributed by atoms with E-state index in [1.165, 1.54) is 16.4 Å². The van der Waals surface area contributed by atoms with Crippen LogP contribution < -0.4 is 21.7 Å². The number of hydrogen-bond donors (Lipinski definition) is 4. The van der Waals surface area contributed by atoms with Gasteiger partial charge in [0.1, 0.15) is 17.5 Å². The van der Waals surface area contributed by atoms with Crippen LogP contribution in [0.1, 0.15) is 18.4 Å². The summed E-state index contributed by atoms with van der Waals surface area (Å²) in [5, 5.41) is 9.63. The molecule has 202 valence electrons. The number of benzene rings is 2. The molecule has 0 saturated carbocycles. The van der Waals surface area contributed by atoms with Gasteiger partial charge in [0.05, 0.1) is 4.90 Å². The van der Waals surface area contributed by atoms with Crippen molar-refractivity contribution in [3.8, 4) is 0 Å². The van der Waals surface area contributed by atoms with Crippen molar-refractivity contribution in [1.29, 1.82) is 0 Å². The number of hydrogen-bond acceptors (Lipinski definition) is 9. The van der Waals surface area contributed by atoms with Gasteiger partial charge < -0.3 is 21.7 Å². The number of pyridine rings is 1. The van der Waals surface area contributed by atoms with Crippen LogP contribution in [-0.2, 0) is 16.6 Å². The maximum atomic E-state index is 13.2. The highest BCUT2D eigenvalue weighted by molar-refractivity contribution is 7.89. The molecule has 39 heavy (non-hydrogen) atoms. The number of halogens is 1. The highest BCUT2D eigenvalue weighted by atomic mass is 32.2. The minimum absolute atomic E-state index is 0.205. The number of nitrogens with two attached hydrogens (primary N) is 1. The third-order valence-electron chi connectivity index (χ3n) is 6.48. The Morgan fingerprint density at radius 1 is 0.897 bits per heavy atom. The molecular formula is C27H29FN8O2S.